The first-order valence-electron chi connectivity index (χ1n) is 6.96. The first-order chi connectivity index (χ1) is 10.1. The zero-order chi connectivity index (χ0) is 15.4. The lowest BCUT2D eigenvalue weighted by Crippen LogP contribution is -2.49. The molecule has 1 saturated heterocycles. The molecule has 1 aliphatic rings. The van der Waals surface area contributed by atoms with E-state index in [1.165, 1.54) is 0 Å². The Morgan fingerprint density at radius 1 is 1.43 bits per heavy atom. The van der Waals surface area contributed by atoms with Crippen LogP contribution in [0.15, 0.2) is 22.7 Å². The van der Waals surface area contributed by atoms with Crippen molar-refractivity contribution in [3.05, 3.63) is 28.2 Å². The molecule has 1 fully saturated rings. The van der Waals surface area contributed by atoms with Crippen LogP contribution in [-0.2, 0) is 9.53 Å². The predicted octanol–water partition coefficient (Wildman–Crippen LogP) is 2.09. The van der Waals surface area contributed by atoms with Gasteiger partial charge in [0.1, 0.15) is 5.75 Å². The smallest absolute Gasteiger partial charge is 0.223 e. The molecule has 0 aliphatic carbocycles. The summed E-state index contributed by atoms with van der Waals surface area (Å²) in [5, 5.41) is 0. The number of carbonyl (C=O) groups is 1. The largest absolute Gasteiger partial charge is 0.496 e. The Balaban J connectivity index is 2.31. The Kier molecular flexibility index (Phi) is 5.61. The number of likely N-dealkylation sites (tertiary alicyclic amines) is 1. The highest BCUT2D eigenvalue weighted by atomic mass is 79.9. The van der Waals surface area contributed by atoms with Crippen molar-refractivity contribution in [2.24, 2.45) is 5.73 Å². The van der Waals surface area contributed by atoms with Gasteiger partial charge in [-0.1, -0.05) is 6.07 Å². The van der Waals surface area contributed by atoms with Crippen molar-refractivity contribution >= 4 is 21.8 Å². The van der Waals surface area contributed by atoms with E-state index in [1.54, 1.807) is 14.2 Å². The zero-order valence-electron chi connectivity index (χ0n) is 12.3. The molecule has 0 aromatic heterocycles. The lowest BCUT2D eigenvalue weighted by atomic mass is 9.90. The van der Waals surface area contributed by atoms with E-state index in [0.29, 0.717) is 26.0 Å². The molecule has 1 aromatic carbocycles. The van der Waals surface area contributed by atoms with E-state index in [-0.39, 0.29) is 18.0 Å². The van der Waals surface area contributed by atoms with Crippen molar-refractivity contribution in [2.75, 3.05) is 27.4 Å². The third-order valence-corrected chi connectivity index (χ3v) is 4.43. The maximum Gasteiger partial charge on any atom is 0.223 e. The van der Waals surface area contributed by atoms with E-state index >= 15 is 0 Å². The summed E-state index contributed by atoms with van der Waals surface area (Å²) in [6.45, 7) is 1.06. The van der Waals surface area contributed by atoms with Crippen molar-refractivity contribution < 1.29 is 14.3 Å². The van der Waals surface area contributed by atoms with Gasteiger partial charge >= 0.3 is 0 Å². The number of ether oxygens (including phenoxy) is 2. The van der Waals surface area contributed by atoms with Gasteiger partial charge in [-0.25, -0.2) is 0 Å². The molecule has 0 bridgehead atoms. The molecule has 2 unspecified atom stereocenters. The van der Waals surface area contributed by atoms with Crippen LogP contribution in [0, 0.1) is 0 Å². The minimum Gasteiger partial charge on any atom is -0.496 e. The van der Waals surface area contributed by atoms with Crippen LogP contribution in [0.5, 0.6) is 5.75 Å². The highest BCUT2D eigenvalue weighted by Gasteiger charge is 2.34. The fourth-order valence-corrected chi connectivity index (χ4v) is 3.28. The number of benzene rings is 1. The summed E-state index contributed by atoms with van der Waals surface area (Å²) in [6, 6.07) is 5.64. The molecule has 1 aromatic rings. The van der Waals surface area contributed by atoms with Gasteiger partial charge in [-0.05, 0) is 40.0 Å². The molecule has 0 saturated carbocycles. The topological polar surface area (TPSA) is 64.8 Å². The van der Waals surface area contributed by atoms with Crippen molar-refractivity contribution in [3.8, 4) is 5.75 Å². The molecule has 21 heavy (non-hydrogen) atoms. The number of methoxy groups -OCH3 is 2. The average molecular weight is 357 g/mol. The van der Waals surface area contributed by atoms with Crippen LogP contribution < -0.4 is 10.5 Å². The second-order valence-electron chi connectivity index (χ2n) is 5.12. The zero-order valence-corrected chi connectivity index (χ0v) is 13.9. The van der Waals surface area contributed by atoms with Crippen LogP contribution in [-0.4, -0.2) is 44.2 Å². The van der Waals surface area contributed by atoms with E-state index < -0.39 is 0 Å². The van der Waals surface area contributed by atoms with Crippen molar-refractivity contribution in [2.45, 2.75) is 24.9 Å². The molecule has 2 atom stereocenters. The number of halogens is 1. The van der Waals surface area contributed by atoms with Gasteiger partial charge in [0.05, 0.1) is 24.2 Å². The van der Waals surface area contributed by atoms with E-state index in [2.05, 4.69) is 15.9 Å². The minimum absolute atomic E-state index is 0.0696. The lowest BCUT2D eigenvalue weighted by Gasteiger charge is -2.40. The fraction of sp³-hybridized carbons (Fsp3) is 0.533. The second-order valence-corrected chi connectivity index (χ2v) is 5.98. The van der Waals surface area contributed by atoms with E-state index in [1.807, 2.05) is 23.1 Å². The molecule has 0 spiro atoms. The molecular weight excluding hydrogens is 336 g/mol. The van der Waals surface area contributed by atoms with Gasteiger partial charge in [0, 0.05) is 26.1 Å². The summed E-state index contributed by atoms with van der Waals surface area (Å²) in [5.74, 6) is 0.892. The molecule has 1 amide bonds. The Morgan fingerprint density at radius 3 is 2.81 bits per heavy atom. The monoisotopic (exact) mass is 356 g/mol. The number of nitrogens with zero attached hydrogens (tertiary/aromatic N) is 1. The SMILES string of the molecule is COCCN1C(=O)CCC(N)C1c1ccc(OC)c(Br)c1. The van der Waals surface area contributed by atoms with Crippen molar-refractivity contribution in [1.82, 2.24) is 4.90 Å². The van der Waals surface area contributed by atoms with Crippen LogP contribution in [0.4, 0.5) is 0 Å². The molecule has 2 N–H and O–H groups in total. The Labute approximate surface area is 133 Å². The molecule has 1 aliphatic heterocycles. The molecule has 116 valence electrons. The number of carbonyl (C=O) groups excluding carboxylic acids is 1. The van der Waals surface area contributed by atoms with Gasteiger partial charge in [0.25, 0.3) is 0 Å². The molecule has 6 heteroatoms. The number of hydrogen-bond acceptors (Lipinski definition) is 4. The van der Waals surface area contributed by atoms with E-state index in [0.717, 1.165) is 15.8 Å². The van der Waals surface area contributed by atoms with Gasteiger partial charge in [-0.2, -0.15) is 0 Å². The quantitative estimate of drug-likeness (QED) is 0.877. The molecular formula is C15H21BrN2O3. The number of amides is 1. The van der Waals surface area contributed by atoms with Crippen molar-refractivity contribution in [1.29, 1.82) is 0 Å². The highest BCUT2D eigenvalue weighted by molar-refractivity contribution is 9.10. The molecule has 0 radical (unpaired) electrons. The minimum atomic E-state index is -0.122. The molecule has 1 heterocycles. The van der Waals surface area contributed by atoms with Gasteiger partial charge in [-0.3, -0.25) is 4.79 Å². The summed E-state index contributed by atoms with van der Waals surface area (Å²) in [4.78, 5) is 14.0. The second kappa shape index (κ2) is 7.24. The van der Waals surface area contributed by atoms with Crippen molar-refractivity contribution in [3.63, 3.8) is 0 Å². The number of rotatable bonds is 5. The summed E-state index contributed by atoms with van der Waals surface area (Å²) in [5.41, 5.74) is 7.29. The predicted molar refractivity (Wildman–Crippen MR) is 84.2 cm³/mol. The van der Waals surface area contributed by atoms with Crippen LogP contribution in [0.25, 0.3) is 0 Å². The maximum atomic E-state index is 12.2. The first-order valence-corrected chi connectivity index (χ1v) is 7.75. The van der Waals surface area contributed by atoms with Crippen LogP contribution in [0.3, 0.4) is 0 Å². The normalized spacial score (nSPS) is 22.5. The average Bonchev–Trinajstić information content (AvgIpc) is 2.48. The Hall–Kier alpha value is -1.11. The molecule has 2 rings (SSSR count). The number of hydrogen-bond donors (Lipinski definition) is 1. The van der Waals surface area contributed by atoms with E-state index in [9.17, 15) is 4.79 Å². The third kappa shape index (κ3) is 3.56. The van der Waals surface area contributed by atoms with Gasteiger partial charge in [0.15, 0.2) is 0 Å². The van der Waals surface area contributed by atoms with Crippen LogP contribution in [0.1, 0.15) is 24.4 Å². The van der Waals surface area contributed by atoms with Gasteiger partial charge < -0.3 is 20.1 Å². The van der Waals surface area contributed by atoms with E-state index in [4.69, 9.17) is 15.2 Å². The summed E-state index contributed by atoms with van der Waals surface area (Å²) in [7, 11) is 3.26. The fourth-order valence-electron chi connectivity index (χ4n) is 2.73. The summed E-state index contributed by atoms with van der Waals surface area (Å²) < 4.78 is 11.2. The molecule has 5 nitrogen and oxygen atoms in total. The number of piperidine rings is 1. The highest BCUT2D eigenvalue weighted by Crippen LogP contribution is 2.34. The van der Waals surface area contributed by atoms with Crippen LogP contribution in [0.2, 0.25) is 0 Å². The Bertz CT molecular complexity index is 510. The maximum absolute atomic E-state index is 12.2. The summed E-state index contributed by atoms with van der Waals surface area (Å²) in [6.07, 6.45) is 1.20. The third-order valence-electron chi connectivity index (χ3n) is 3.81. The standard InChI is InChI=1S/C15H21BrN2O3/c1-20-8-7-18-14(19)6-4-12(17)15(18)10-3-5-13(21-2)11(16)9-10/h3,5,9,12,15H,4,6-8,17H2,1-2H3. The van der Waals surface area contributed by atoms with Crippen LogP contribution >= 0.6 is 15.9 Å². The Morgan fingerprint density at radius 2 is 2.19 bits per heavy atom. The van der Waals surface area contributed by atoms with Gasteiger partial charge in [-0.15, -0.1) is 0 Å². The summed E-state index contributed by atoms with van der Waals surface area (Å²) >= 11 is 3.49. The first kappa shape index (κ1) is 16.3. The lowest BCUT2D eigenvalue weighted by molar-refractivity contribution is -0.138. The number of nitrogens with two attached hydrogens (primary N) is 1. The van der Waals surface area contributed by atoms with Gasteiger partial charge in [0.2, 0.25) is 5.91 Å².